The molecule has 0 bridgehead atoms. The lowest BCUT2D eigenvalue weighted by molar-refractivity contribution is -0.127. The number of hydrogen-bond acceptors (Lipinski definition) is 2. The van der Waals surface area contributed by atoms with E-state index in [2.05, 4.69) is 18.7 Å². The molecule has 1 atom stereocenters. The summed E-state index contributed by atoms with van der Waals surface area (Å²) in [6.45, 7) is 6.00. The fourth-order valence-corrected chi connectivity index (χ4v) is 1.69. The smallest absolute Gasteiger partial charge is 0.150 e. The normalized spacial score (nSPS) is 28.0. The predicted molar refractivity (Wildman–Crippen MR) is 45.4 cm³/mol. The van der Waals surface area contributed by atoms with E-state index in [1.807, 2.05) is 7.05 Å². The quantitative estimate of drug-likeness (QED) is 0.566. The molecule has 1 unspecified atom stereocenters. The van der Waals surface area contributed by atoms with Crippen LogP contribution in [0.5, 0.6) is 0 Å². The molecular formula is C9H17NO. The van der Waals surface area contributed by atoms with E-state index >= 15 is 0 Å². The lowest BCUT2D eigenvalue weighted by atomic mass is 9.86. The number of hydrogen-bond donors (Lipinski definition) is 0. The van der Waals surface area contributed by atoms with Gasteiger partial charge in [-0.3, -0.25) is 9.69 Å². The maximum atomic E-state index is 11.4. The van der Waals surface area contributed by atoms with Crippen LogP contribution in [-0.2, 0) is 4.79 Å². The van der Waals surface area contributed by atoms with Crippen molar-refractivity contribution in [1.29, 1.82) is 0 Å². The highest BCUT2D eigenvalue weighted by atomic mass is 16.1. The number of nitrogens with zero attached hydrogens (tertiary/aromatic N) is 1. The van der Waals surface area contributed by atoms with Gasteiger partial charge in [-0.15, -0.1) is 0 Å². The van der Waals surface area contributed by atoms with Gasteiger partial charge in [0.15, 0.2) is 0 Å². The number of Topliss-reactive ketones (excluding diaryl/α,β-unsaturated/α-hetero) is 1. The van der Waals surface area contributed by atoms with E-state index in [9.17, 15) is 4.79 Å². The molecule has 2 heteroatoms. The Morgan fingerprint density at radius 1 is 1.55 bits per heavy atom. The summed E-state index contributed by atoms with van der Waals surface area (Å²) in [6, 6.07) is 0. The van der Waals surface area contributed by atoms with Crippen LogP contribution in [0.15, 0.2) is 0 Å². The van der Waals surface area contributed by atoms with Gasteiger partial charge in [-0.25, -0.2) is 0 Å². The standard InChI is InChI=1S/C9H17NO/c1-7(2)8-4-5-10(3)6-9(8)11/h7-8H,4-6H2,1-3H3. The Balaban J connectivity index is 2.51. The molecule has 0 amide bonds. The molecule has 0 radical (unpaired) electrons. The minimum absolute atomic E-state index is 0.325. The van der Waals surface area contributed by atoms with Crippen LogP contribution in [0.2, 0.25) is 0 Å². The molecule has 11 heavy (non-hydrogen) atoms. The second-order valence-corrected chi connectivity index (χ2v) is 3.84. The van der Waals surface area contributed by atoms with E-state index in [1.54, 1.807) is 0 Å². The van der Waals surface area contributed by atoms with Crippen LogP contribution in [0.1, 0.15) is 20.3 Å². The predicted octanol–water partition coefficient (Wildman–Crippen LogP) is 1.16. The number of ketones is 1. The van der Waals surface area contributed by atoms with Gasteiger partial charge in [0.1, 0.15) is 5.78 Å². The Labute approximate surface area is 68.6 Å². The Hall–Kier alpha value is -0.370. The van der Waals surface area contributed by atoms with E-state index in [1.165, 1.54) is 0 Å². The third-order valence-corrected chi connectivity index (χ3v) is 2.47. The van der Waals surface area contributed by atoms with Gasteiger partial charge in [0.25, 0.3) is 0 Å². The molecule has 0 aromatic rings. The van der Waals surface area contributed by atoms with Crippen LogP contribution in [0.4, 0.5) is 0 Å². The van der Waals surface area contributed by atoms with Crippen LogP contribution in [0, 0.1) is 11.8 Å². The fraction of sp³-hybridized carbons (Fsp3) is 0.889. The number of rotatable bonds is 1. The third-order valence-electron chi connectivity index (χ3n) is 2.47. The topological polar surface area (TPSA) is 20.3 Å². The van der Waals surface area contributed by atoms with Gasteiger partial charge in [0, 0.05) is 5.92 Å². The van der Waals surface area contributed by atoms with Gasteiger partial charge >= 0.3 is 0 Å². The summed E-state index contributed by atoms with van der Waals surface area (Å²) in [4.78, 5) is 13.5. The number of piperidine rings is 1. The van der Waals surface area contributed by atoms with Gasteiger partial charge in [-0.1, -0.05) is 13.8 Å². The highest BCUT2D eigenvalue weighted by Crippen LogP contribution is 2.20. The summed E-state index contributed by atoms with van der Waals surface area (Å²) in [6.07, 6.45) is 1.05. The highest BCUT2D eigenvalue weighted by molar-refractivity contribution is 5.83. The lowest BCUT2D eigenvalue weighted by Crippen LogP contribution is -2.40. The monoisotopic (exact) mass is 155 g/mol. The molecule has 1 heterocycles. The molecule has 1 aliphatic heterocycles. The molecule has 64 valence electrons. The molecule has 0 aliphatic carbocycles. The first-order chi connectivity index (χ1) is 5.11. The molecule has 1 rings (SSSR count). The largest absolute Gasteiger partial charge is 0.299 e. The maximum absolute atomic E-state index is 11.4. The summed E-state index contributed by atoms with van der Waals surface area (Å²) in [5.41, 5.74) is 0. The van der Waals surface area contributed by atoms with Crippen LogP contribution in [0.3, 0.4) is 0 Å². The van der Waals surface area contributed by atoms with Crippen molar-refractivity contribution in [2.24, 2.45) is 11.8 Å². The Morgan fingerprint density at radius 3 is 2.64 bits per heavy atom. The van der Waals surface area contributed by atoms with Crippen molar-refractivity contribution in [2.45, 2.75) is 20.3 Å². The van der Waals surface area contributed by atoms with Crippen molar-refractivity contribution in [1.82, 2.24) is 4.90 Å². The molecular weight excluding hydrogens is 138 g/mol. The molecule has 0 aromatic heterocycles. The van der Waals surface area contributed by atoms with Gasteiger partial charge < -0.3 is 0 Å². The number of likely N-dealkylation sites (tertiary alicyclic amines) is 1. The van der Waals surface area contributed by atoms with Crippen LogP contribution in [-0.4, -0.2) is 30.8 Å². The van der Waals surface area contributed by atoms with Crippen molar-refractivity contribution in [3.8, 4) is 0 Å². The summed E-state index contributed by atoms with van der Waals surface area (Å²) < 4.78 is 0. The van der Waals surface area contributed by atoms with E-state index in [0.717, 1.165) is 13.0 Å². The molecule has 1 aliphatic rings. The minimum atomic E-state index is 0.325. The first-order valence-corrected chi connectivity index (χ1v) is 4.32. The van der Waals surface area contributed by atoms with E-state index in [4.69, 9.17) is 0 Å². The highest BCUT2D eigenvalue weighted by Gasteiger charge is 2.26. The zero-order chi connectivity index (χ0) is 8.43. The van der Waals surface area contributed by atoms with Gasteiger partial charge in [0.05, 0.1) is 6.54 Å². The Kier molecular flexibility index (Phi) is 2.66. The Bertz CT molecular complexity index is 154. The van der Waals surface area contributed by atoms with Crippen molar-refractivity contribution in [3.63, 3.8) is 0 Å². The summed E-state index contributed by atoms with van der Waals surface area (Å²) in [5.74, 6) is 1.27. The van der Waals surface area contributed by atoms with Crippen molar-refractivity contribution in [3.05, 3.63) is 0 Å². The van der Waals surface area contributed by atoms with Crippen molar-refractivity contribution < 1.29 is 4.79 Å². The fourth-order valence-electron chi connectivity index (χ4n) is 1.69. The van der Waals surface area contributed by atoms with Crippen molar-refractivity contribution >= 4 is 5.78 Å². The van der Waals surface area contributed by atoms with Crippen LogP contribution < -0.4 is 0 Å². The summed E-state index contributed by atoms with van der Waals surface area (Å²) in [7, 11) is 2.01. The van der Waals surface area contributed by atoms with Crippen molar-refractivity contribution in [2.75, 3.05) is 20.1 Å². The van der Waals surface area contributed by atoms with Gasteiger partial charge in [-0.2, -0.15) is 0 Å². The molecule has 0 spiro atoms. The number of likely N-dealkylation sites (N-methyl/N-ethyl adjacent to an activating group) is 1. The first-order valence-electron chi connectivity index (χ1n) is 4.32. The molecule has 1 fully saturated rings. The van der Waals surface area contributed by atoms with Crippen LogP contribution >= 0.6 is 0 Å². The molecule has 0 saturated carbocycles. The van der Waals surface area contributed by atoms with Gasteiger partial charge in [-0.05, 0) is 25.9 Å². The van der Waals surface area contributed by atoms with E-state index in [0.29, 0.717) is 24.2 Å². The maximum Gasteiger partial charge on any atom is 0.150 e. The van der Waals surface area contributed by atoms with Gasteiger partial charge in [0.2, 0.25) is 0 Å². The number of carbonyl (C=O) groups excluding carboxylic acids is 1. The zero-order valence-corrected chi connectivity index (χ0v) is 7.63. The molecule has 0 aromatic carbocycles. The van der Waals surface area contributed by atoms with E-state index in [-0.39, 0.29) is 0 Å². The molecule has 1 saturated heterocycles. The second-order valence-electron chi connectivity index (χ2n) is 3.84. The average molecular weight is 155 g/mol. The minimum Gasteiger partial charge on any atom is -0.299 e. The third kappa shape index (κ3) is 2.03. The second kappa shape index (κ2) is 3.35. The summed E-state index contributed by atoms with van der Waals surface area (Å²) in [5, 5.41) is 0. The SMILES string of the molecule is CC(C)C1CCN(C)CC1=O. The Morgan fingerprint density at radius 2 is 2.18 bits per heavy atom. The van der Waals surface area contributed by atoms with E-state index < -0.39 is 0 Å². The zero-order valence-electron chi connectivity index (χ0n) is 7.63. The van der Waals surface area contributed by atoms with Crippen LogP contribution in [0.25, 0.3) is 0 Å². The number of carbonyl (C=O) groups is 1. The first kappa shape index (κ1) is 8.72. The molecule has 2 nitrogen and oxygen atoms in total. The lowest BCUT2D eigenvalue weighted by Gasteiger charge is -2.29. The summed E-state index contributed by atoms with van der Waals surface area (Å²) >= 11 is 0. The molecule has 0 N–H and O–H groups in total. The average Bonchev–Trinajstić information content (AvgIpc) is 1.85.